The van der Waals surface area contributed by atoms with Crippen molar-refractivity contribution < 1.29 is 18.3 Å². The molecule has 1 atom stereocenters. The molecular weight excluding hydrogens is 220 g/mol. The van der Waals surface area contributed by atoms with E-state index < -0.39 is 21.7 Å². The van der Waals surface area contributed by atoms with Gasteiger partial charge in [-0.1, -0.05) is 6.92 Å². The molecule has 0 aromatic carbocycles. The van der Waals surface area contributed by atoms with Gasteiger partial charge in [-0.25, -0.2) is 0 Å². The van der Waals surface area contributed by atoms with Crippen LogP contribution in [0.4, 0.5) is 0 Å². The van der Waals surface area contributed by atoms with Crippen LogP contribution < -0.4 is 9.44 Å². The van der Waals surface area contributed by atoms with E-state index in [1.165, 1.54) is 6.92 Å². The van der Waals surface area contributed by atoms with Gasteiger partial charge in [0.15, 0.2) is 0 Å². The third-order valence-corrected chi connectivity index (χ3v) is 3.43. The number of carboxylic acids is 1. The van der Waals surface area contributed by atoms with Gasteiger partial charge in [0.2, 0.25) is 0 Å². The highest BCUT2D eigenvalue weighted by molar-refractivity contribution is 7.87. The topological polar surface area (TPSA) is 95.5 Å². The first kappa shape index (κ1) is 14.3. The highest BCUT2D eigenvalue weighted by atomic mass is 32.2. The van der Waals surface area contributed by atoms with E-state index in [2.05, 4.69) is 9.44 Å². The van der Waals surface area contributed by atoms with Crippen LogP contribution in [0.1, 0.15) is 34.1 Å². The fourth-order valence-corrected chi connectivity index (χ4v) is 2.41. The largest absolute Gasteiger partial charge is 0.480 e. The third-order valence-electron chi connectivity index (χ3n) is 1.93. The van der Waals surface area contributed by atoms with Crippen LogP contribution in [0.15, 0.2) is 0 Å². The lowest BCUT2D eigenvalue weighted by Crippen LogP contribution is -2.55. The highest BCUT2D eigenvalue weighted by Crippen LogP contribution is 2.10. The highest BCUT2D eigenvalue weighted by Gasteiger charge is 2.35. The Morgan fingerprint density at radius 3 is 2.20 bits per heavy atom. The number of nitrogens with one attached hydrogen (secondary N) is 2. The minimum Gasteiger partial charge on any atom is -0.480 e. The van der Waals surface area contributed by atoms with Gasteiger partial charge in [-0.3, -0.25) is 4.79 Å². The van der Waals surface area contributed by atoms with Gasteiger partial charge in [0.1, 0.15) is 5.54 Å². The number of carboxylic acid groups (broad SMARTS) is 1. The summed E-state index contributed by atoms with van der Waals surface area (Å²) in [5, 5.41) is 8.88. The van der Waals surface area contributed by atoms with Gasteiger partial charge in [-0.2, -0.15) is 17.9 Å². The standard InChI is InChI=1S/C8H18N2O4S/c1-5-8(4,7(11)12)10-15(13,14)9-6(2)3/h6,9-10H,5H2,1-4H3,(H,11,12). The number of rotatable bonds is 6. The summed E-state index contributed by atoms with van der Waals surface area (Å²) >= 11 is 0. The normalized spacial score (nSPS) is 16.3. The summed E-state index contributed by atoms with van der Waals surface area (Å²) in [7, 11) is -3.78. The van der Waals surface area contributed by atoms with Gasteiger partial charge in [-0.05, 0) is 27.2 Å². The van der Waals surface area contributed by atoms with Crippen LogP contribution >= 0.6 is 0 Å². The van der Waals surface area contributed by atoms with Crippen LogP contribution in [-0.4, -0.2) is 31.1 Å². The molecule has 0 saturated heterocycles. The molecule has 90 valence electrons. The van der Waals surface area contributed by atoms with Gasteiger partial charge in [0.25, 0.3) is 10.2 Å². The molecule has 7 heteroatoms. The average Bonchev–Trinajstić information content (AvgIpc) is 2.00. The lowest BCUT2D eigenvalue weighted by molar-refractivity contribution is -0.143. The average molecular weight is 238 g/mol. The van der Waals surface area contributed by atoms with Gasteiger partial charge in [0, 0.05) is 6.04 Å². The monoisotopic (exact) mass is 238 g/mol. The molecule has 0 spiro atoms. The van der Waals surface area contributed by atoms with E-state index in [4.69, 9.17) is 5.11 Å². The van der Waals surface area contributed by atoms with Crippen LogP contribution in [0.2, 0.25) is 0 Å². The van der Waals surface area contributed by atoms with Crippen molar-refractivity contribution in [1.82, 2.24) is 9.44 Å². The minimum atomic E-state index is -3.78. The van der Waals surface area contributed by atoms with Crippen molar-refractivity contribution in [1.29, 1.82) is 0 Å². The summed E-state index contributed by atoms with van der Waals surface area (Å²) in [6, 6.07) is -0.280. The van der Waals surface area contributed by atoms with Crippen molar-refractivity contribution in [3.8, 4) is 0 Å². The number of aliphatic carboxylic acids is 1. The maximum absolute atomic E-state index is 11.4. The van der Waals surface area contributed by atoms with Crippen molar-refractivity contribution in [2.24, 2.45) is 0 Å². The molecule has 0 amide bonds. The zero-order chi connectivity index (χ0) is 12.3. The molecule has 0 saturated carbocycles. The molecule has 3 N–H and O–H groups in total. The Morgan fingerprint density at radius 1 is 1.47 bits per heavy atom. The molecule has 1 unspecified atom stereocenters. The van der Waals surface area contributed by atoms with E-state index >= 15 is 0 Å². The van der Waals surface area contributed by atoms with Gasteiger partial charge >= 0.3 is 5.97 Å². The smallest absolute Gasteiger partial charge is 0.324 e. The molecule has 0 rings (SSSR count). The van der Waals surface area contributed by atoms with Crippen LogP contribution in [0, 0.1) is 0 Å². The molecule has 0 aliphatic rings. The van der Waals surface area contributed by atoms with E-state index in [-0.39, 0.29) is 12.5 Å². The predicted molar refractivity (Wildman–Crippen MR) is 56.7 cm³/mol. The summed E-state index contributed by atoms with van der Waals surface area (Å²) < 4.78 is 27.2. The van der Waals surface area contributed by atoms with Crippen molar-refractivity contribution >= 4 is 16.2 Å². The van der Waals surface area contributed by atoms with E-state index in [1.54, 1.807) is 20.8 Å². The van der Waals surface area contributed by atoms with Crippen LogP contribution in [-0.2, 0) is 15.0 Å². The lowest BCUT2D eigenvalue weighted by atomic mass is 10.0. The van der Waals surface area contributed by atoms with Crippen molar-refractivity contribution in [3.05, 3.63) is 0 Å². The Balaban J connectivity index is 4.77. The zero-order valence-electron chi connectivity index (χ0n) is 9.36. The first-order chi connectivity index (χ1) is 6.63. The second-order valence-electron chi connectivity index (χ2n) is 3.87. The molecule has 0 bridgehead atoms. The Morgan fingerprint density at radius 2 is 1.93 bits per heavy atom. The zero-order valence-corrected chi connectivity index (χ0v) is 10.2. The fraction of sp³-hybridized carbons (Fsp3) is 0.875. The van der Waals surface area contributed by atoms with E-state index in [9.17, 15) is 13.2 Å². The first-order valence-corrected chi connectivity index (χ1v) is 6.16. The molecule has 6 nitrogen and oxygen atoms in total. The lowest BCUT2D eigenvalue weighted by Gasteiger charge is -2.24. The Kier molecular flexibility index (Phi) is 4.69. The van der Waals surface area contributed by atoms with Crippen LogP contribution in [0.3, 0.4) is 0 Å². The molecule has 0 aromatic heterocycles. The number of hydrogen-bond acceptors (Lipinski definition) is 3. The SMILES string of the molecule is CCC(C)(NS(=O)(=O)NC(C)C)C(=O)O. The third kappa shape index (κ3) is 4.59. The fourth-order valence-electron chi connectivity index (χ4n) is 0.903. The van der Waals surface area contributed by atoms with E-state index in [1.807, 2.05) is 0 Å². The molecule has 0 fully saturated rings. The maximum atomic E-state index is 11.4. The second-order valence-corrected chi connectivity index (χ2v) is 5.32. The number of carbonyl (C=O) groups is 1. The Hall–Kier alpha value is -0.660. The van der Waals surface area contributed by atoms with Gasteiger partial charge in [-0.15, -0.1) is 0 Å². The molecule has 0 aliphatic heterocycles. The summed E-state index contributed by atoms with van der Waals surface area (Å²) in [5.74, 6) is -1.20. The van der Waals surface area contributed by atoms with Crippen molar-refractivity contribution in [3.63, 3.8) is 0 Å². The summed E-state index contributed by atoms with van der Waals surface area (Å²) in [5.41, 5.74) is -1.47. The molecule has 0 heterocycles. The van der Waals surface area contributed by atoms with Gasteiger partial charge in [0.05, 0.1) is 0 Å². The van der Waals surface area contributed by atoms with E-state index in [0.29, 0.717) is 0 Å². The Bertz CT molecular complexity index is 326. The minimum absolute atomic E-state index is 0.168. The molecular formula is C8H18N2O4S. The molecule has 15 heavy (non-hydrogen) atoms. The van der Waals surface area contributed by atoms with Gasteiger partial charge < -0.3 is 5.11 Å². The van der Waals surface area contributed by atoms with Crippen LogP contribution in [0.25, 0.3) is 0 Å². The predicted octanol–water partition coefficient (Wildman–Crippen LogP) is 0.0721. The first-order valence-electron chi connectivity index (χ1n) is 4.67. The van der Waals surface area contributed by atoms with E-state index in [0.717, 1.165) is 0 Å². The maximum Gasteiger partial charge on any atom is 0.324 e. The Labute approximate surface area is 90.2 Å². The quantitative estimate of drug-likeness (QED) is 0.610. The number of hydrogen-bond donors (Lipinski definition) is 3. The molecule has 0 radical (unpaired) electrons. The van der Waals surface area contributed by atoms with Crippen molar-refractivity contribution in [2.75, 3.05) is 0 Å². The second kappa shape index (κ2) is 4.91. The van der Waals surface area contributed by atoms with Crippen molar-refractivity contribution in [2.45, 2.75) is 45.7 Å². The van der Waals surface area contributed by atoms with Crippen LogP contribution in [0.5, 0.6) is 0 Å². The summed E-state index contributed by atoms with van der Waals surface area (Å²) in [4.78, 5) is 10.9. The summed E-state index contributed by atoms with van der Waals surface area (Å²) in [6.07, 6.45) is 0.168. The molecule has 0 aromatic rings. The molecule has 0 aliphatic carbocycles. The summed E-state index contributed by atoms with van der Waals surface area (Å²) in [6.45, 7) is 6.24.